The maximum Gasteiger partial charge on any atom is 0.335 e. The smallest absolute Gasteiger partial charge is 0.335 e. The third-order valence-corrected chi connectivity index (χ3v) is 11.7. The van der Waals surface area contributed by atoms with Gasteiger partial charge in [0.15, 0.2) is 5.78 Å². The van der Waals surface area contributed by atoms with Crippen molar-refractivity contribution in [2.45, 2.75) is 111 Å². The van der Waals surface area contributed by atoms with Crippen molar-refractivity contribution in [2.75, 3.05) is 14.2 Å². The molecule has 3 aromatic rings. The van der Waals surface area contributed by atoms with Gasteiger partial charge in [-0.25, -0.2) is 14.6 Å². The van der Waals surface area contributed by atoms with E-state index in [0.717, 1.165) is 81.3 Å². The number of aromatic nitrogens is 4. The average molecular weight is 691 g/mol. The maximum absolute atomic E-state index is 14.3. The number of H-pyrrole nitrogens is 2. The van der Waals surface area contributed by atoms with Gasteiger partial charge in [0.2, 0.25) is 0 Å². The molecule has 0 aromatic carbocycles. The SMILES string of the molecule is CCc1c(CC)c2cc3nc(cc4[nH]c(cc5nc(cc1[nH]2)C(=O)C5(CC)CC)c(CC)c4CC)C1(CC)C3=CCC(C(=O)OC)=C1C(=O)OC. The van der Waals surface area contributed by atoms with Crippen LogP contribution in [0.1, 0.15) is 124 Å². The molecule has 0 fully saturated rings. The first-order chi connectivity index (χ1) is 24.6. The predicted molar refractivity (Wildman–Crippen MR) is 201 cm³/mol. The molecule has 2 N–H and O–H groups in total. The van der Waals surface area contributed by atoms with E-state index in [-0.39, 0.29) is 23.4 Å². The van der Waals surface area contributed by atoms with E-state index in [2.05, 4.69) is 63.6 Å². The molecule has 9 nitrogen and oxygen atoms in total. The number of fused-ring (bicyclic) bond motifs is 11. The van der Waals surface area contributed by atoms with Crippen LogP contribution in [0.15, 0.2) is 41.5 Å². The third-order valence-electron chi connectivity index (χ3n) is 11.7. The molecule has 0 saturated heterocycles. The first-order valence-corrected chi connectivity index (χ1v) is 18.5. The summed E-state index contributed by atoms with van der Waals surface area (Å²) < 4.78 is 10.6. The summed E-state index contributed by atoms with van der Waals surface area (Å²) in [6.45, 7) is 14.7. The van der Waals surface area contributed by atoms with Gasteiger partial charge in [-0.2, -0.15) is 0 Å². The second-order valence-electron chi connectivity index (χ2n) is 13.6. The van der Waals surface area contributed by atoms with Gasteiger partial charge in [-0.15, -0.1) is 0 Å². The third kappa shape index (κ3) is 5.22. The largest absolute Gasteiger partial charge is 0.466 e. The van der Waals surface area contributed by atoms with Crippen molar-refractivity contribution >= 4 is 45.4 Å². The summed E-state index contributed by atoms with van der Waals surface area (Å²) in [5.74, 6) is -1.08. The normalized spacial score (nSPS) is 18.1. The predicted octanol–water partition coefficient (Wildman–Crippen LogP) is 8.28. The topological polar surface area (TPSA) is 127 Å². The van der Waals surface area contributed by atoms with Gasteiger partial charge in [0.05, 0.1) is 53.3 Å². The summed E-state index contributed by atoms with van der Waals surface area (Å²) in [5.41, 5.74) is 10.3. The van der Waals surface area contributed by atoms with Gasteiger partial charge < -0.3 is 19.4 Å². The van der Waals surface area contributed by atoms with E-state index in [1.165, 1.54) is 14.2 Å². The van der Waals surface area contributed by atoms with Crippen molar-refractivity contribution in [3.05, 3.63) is 86.5 Å². The Bertz CT molecular complexity index is 2180. The van der Waals surface area contributed by atoms with Gasteiger partial charge >= 0.3 is 11.9 Å². The van der Waals surface area contributed by atoms with Crippen molar-refractivity contribution in [3.8, 4) is 0 Å². The molecule has 1 atom stereocenters. The van der Waals surface area contributed by atoms with Crippen LogP contribution in [0.5, 0.6) is 0 Å². The molecule has 6 rings (SSSR count). The molecule has 268 valence electrons. The summed E-state index contributed by atoms with van der Waals surface area (Å²) in [6, 6.07) is 8.10. The highest BCUT2D eigenvalue weighted by atomic mass is 16.5. The van der Waals surface area contributed by atoms with E-state index in [0.29, 0.717) is 36.3 Å². The van der Waals surface area contributed by atoms with Gasteiger partial charge in [0.1, 0.15) is 5.69 Å². The maximum atomic E-state index is 14.3. The van der Waals surface area contributed by atoms with Gasteiger partial charge in [-0.05, 0) is 103 Å². The Kier molecular flexibility index (Phi) is 9.70. The van der Waals surface area contributed by atoms with Crippen LogP contribution in [0.3, 0.4) is 0 Å². The number of methoxy groups -OCH3 is 2. The Morgan fingerprint density at radius 3 is 1.61 bits per heavy atom. The first-order valence-electron chi connectivity index (χ1n) is 18.5. The molecule has 5 heterocycles. The number of aryl methyl sites for hydroxylation is 4. The monoisotopic (exact) mass is 690 g/mol. The lowest BCUT2D eigenvalue weighted by Crippen LogP contribution is -2.36. The molecule has 0 radical (unpaired) electrons. The molecule has 0 saturated carbocycles. The van der Waals surface area contributed by atoms with E-state index < -0.39 is 22.8 Å². The van der Waals surface area contributed by atoms with Crippen LogP contribution in [0, 0.1) is 0 Å². The fourth-order valence-corrected chi connectivity index (χ4v) is 9.02. The standard InChI is InChI=1S/C42H50N4O5/c1-10-23-24(11-2)30-20-34-38(47)41(14-5,15-6)35(46-34)21-31-25(12-3)26(13-4)32(44-31)22-36-42(16-7)28(33(45-36)19-29(23)43-30)18-17-27(39(48)50-8)37(42)40(49)51-9/h18-22,43-44H,10-17H2,1-9H3. The lowest BCUT2D eigenvalue weighted by molar-refractivity contribution is -0.140. The van der Waals surface area contributed by atoms with Crippen LogP contribution in [-0.2, 0) is 55.6 Å². The Hall–Kier alpha value is -4.79. The zero-order valence-electron chi connectivity index (χ0n) is 31.5. The van der Waals surface area contributed by atoms with Crippen molar-refractivity contribution < 1.29 is 23.9 Å². The lowest BCUT2D eigenvalue weighted by Gasteiger charge is -2.35. The highest BCUT2D eigenvalue weighted by Gasteiger charge is 2.52. The molecule has 1 unspecified atom stereocenters. The van der Waals surface area contributed by atoms with E-state index in [1.54, 1.807) is 0 Å². The van der Waals surface area contributed by atoms with E-state index in [9.17, 15) is 14.4 Å². The number of carbonyl (C=O) groups is 3. The van der Waals surface area contributed by atoms with Gasteiger partial charge in [0.25, 0.3) is 0 Å². The molecule has 8 bridgehead atoms. The molecule has 1 aliphatic carbocycles. The molecule has 2 aliphatic heterocycles. The van der Waals surface area contributed by atoms with Crippen LogP contribution in [-0.4, -0.2) is 51.9 Å². The number of hydrogen-bond acceptors (Lipinski definition) is 7. The fraction of sp³-hybridized carbons (Fsp3) is 0.452. The fourth-order valence-electron chi connectivity index (χ4n) is 9.02. The molecular formula is C42H50N4O5. The Morgan fingerprint density at radius 2 is 1.14 bits per heavy atom. The van der Waals surface area contributed by atoms with Crippen molar-refractivity contribution in [1.29, 1.82) is 0 Å². The number of nitrogens with zero attached hydrogens (tertiary/aromatic N) is 2. The summed E-state index contributed by atoms with van der Waals surface area (Å²) in [4.78, 5) is 59.3. The quantitative estimate of drug-likeness (QED) is 0.216. The summed E-state index contributed by atoms with van der Waals surface area (Å²) in [6.07, 6.45) is 6.98. The Labute approximate surface area is 300 Å². The number of ketones is 1. The summed E-state index contributed by atoms with van der Waals surface area (Å²) in [7, 11) is 2.68. The number of Topliss-reactive ketones (excluding diaryl/α,β-unsaturated/α-hetero) is 1. The molecular weight excluding hydrogens is 640 g/mol. The van der Waals surface area contributed by atoms with Crippen LogP contribution in [0.25, 0.3) is 27.6 Å². The number of aromatic amines is 2. The minimum Gasteiger partial charge on any atom is -0.466 e. The van der Waals surface area contributed by atoms with Gasteiger partial charge in [-0.3, -0.25) is 9.78 Å². The summed E-state index contributed by atoms with van der Waals surface area (Å²) >= 11 is 0. The number of carbonyl (C=O) groups excluding carboxylic acids is 3. The first kappa shape index (κ1) is 36.0. The minimum atomic E-state index is -1.06. The van der Waals surface area contributed by atoms with Crippen LogP contribution in [0.4, 0.5) is 0 Å². The van der Waals surface area contributed by atoms with Crippen molar-refractivity contribution in [1.82, 2.24) is 19.9 Å². The van der Waals surface area contributed by atoms with Gasteiger partial charge in [-0.1, -0.05) is 54.5 Å². The second kappa shape index (κ2) is 13.7. The molecule has 3 aliphatic rings. The van der Waals surface area contributed by atoms with E-state index in [4.69, 9.17) is 19.4 Å². The number of rotatable bonds is 9. The zero-order chi connectivity index (χ0) is 36.8. The van der Waals surface area contributed by atoms with Crippen LogP contribution in [0.2, 0.25) is 0 Å². The molecule has 51 heavy (non-hydrogen) atoms. The highest BCUT2D eigenvalue weighted by molar-refractivity contribution is 6.08. The van der Waals surface area contributed by atoms with E-state index in [1.807, 2.05) is 25.1 Å². The molecule has 0 spiro atoms. The Balaban J connectivity index is 1.87. The molecule has 3 aromatic heterocycles. The average Bonchev–Trinajstić information content (AvgIpc) is 3.84. The molecule has 9 heteroatoms. The van der Waals surface area contributed by atoms with Crippen LogP contribution >= 0.6 is 0 Å². The molecule has 0 amide bonds. The Morgan fingerprint density at radius 1 is 0.667 bits per heavy atom. The highest BCUT2D eigenvalue weighted by Crippen LogP contribution is 2.54. The minimum absolute atomic E-state index is 0.0537. The summed E-state index contributed by atoms with van der Waals surface area (Å²) in [5, 5.41) is 0. The number of hydrogen-bond donors (Lipinski definition) is 2. The van der Waals surface area contributed by atoms with E-state index >= 15 is 0 Å². The van der Waals surface area contributed by atoms with Crippen molar-refractivity contribution in [2.24, 2.45) is 0 Å². The van der Waals surface area contributed by atoms with Crippen LogP contribution < -0.4 is 0 Å². The van der Waals surface area contributed by atoms with Gasteiger partial charge in [0, 0.05) is 22.1 Å². The van der Waals surface area contributed by atoms with Crippen molar-refractivity contribution in [3.63, 3.8) is 0 Å². The zero-order valence-corrected chi connectivity index (χ0v) is 31.5. The second-order valence-corrected chi connectivity index (χ2v) is 13.6. The number of nitrogens with one attached hydrogen (secondary N) is 2. The number of ether oxygens (including phenoxy) is 2. The number of allylic oxidation sites excluding steroid dienone is 2. The number of esters is 2. The lowest BCUT2D eigenvalue weighted by atomic mass is 9.65.